The first kappa shape index (κ1) is 21.4. The normalized spacial score (nSPS) is 16.9. The third-order valence-electron chi connectivity index (χ3n) is 5.23. The minimum atomic E-state index is -0.463. The summed E-state index contributed by atoms with van der Waals surface area (Å²) >= 11 is 1.27. The number of aromatic nitrogens is 2. The van der Waals surface area contributed by atoms with Gasteiger partial charge in [-0.05, 0) is 44.0 Å². The highest BCUT2D eigenvalue weighted by Crippen LogP contribution is 2.26. The Hall–Kier alpha value is -2.84. The van der Waals surface area contributed by atoms with Gasteiger partial charge in [-0.1, -0.05) is 30.0 Å². The zero-order valence-electron chi connectivity index (χ0n) is 17.5. The zero-order chi connectivity index (χ0) is 21.8. The number of anilines is 1. The predicted octanol–water partition coefficient (Wildman–Crippen LogP) is 3.70. The Kier molecular flexibility index (Phi) is 6.58. The molecule has 1 saturated heterocycles. The van der Waals surface area contributed by atoms with Crippen LogP contribution in [0.15, 0.2) is 58.5 Å². The standard InChI is InChI=1S/C23H25N3O4S/c1-15(21(27)24-16-7-5-8-17(13-16)29-2)31-23-25-20-11-4-3-10-19(20)22(28)26(23)14-18-9-6-12-30-18/h3-5,7-8,10-11,13,15,18H,6,9,12,14H2,1-2H3,(H,24,27). The summed E-state index contributed by atoms with van der Waals surface area (Å²) in [5.74, 6) is 0.490. The number of fused-ring (bicyclic) bond motifs is 1. The number of methoxy groups -OCH3 is 1. The van der Waals surface area contributed by atoms with Gasteiger partial charge in [-0.25, -0.2) is 4.98 Å². The molecule has 7 nitrogen and oxygen atoms in total. The minimum absolute atomic E-state index is 0.0130. The predicted molar refractivity (Wildman–Crippen MR) is 122 cm³/mol. The minimum Gasteiger partial charge on any atom is -0.497 e. The van der Waals surface area contributed by atoms with Gasteiger partial charge in [0.05, 0.1) is 35.9 Å². The lowest BCUT2D eigenvalue weighted by atomic mass is 10.2. The lowest BCUT2D eigenvalue weighted by Gasteiger charge is -2.18. The second kappa shape index (κ2) is 9.53. The zero-order valence-corrected chi connectivity index (χ0v) is 18.4. The van der Waals surface area contributed by atoms with Gasteiger partial charge in [0.2, 0.25) is 5.91 Å². The average Bonchev–Trinajstić information content (AvgIpc) is 3.30. The summed E-state index contributed by atoms with van der Waals surface area (Å²) in [6.07, 6.45) is 1.89. The van der Waals surface area contributed by atoms with E-state index in [1.165, 1.54) is 11.8 Å². The second-order valence-corrected chi connectivity index (χ2v) is 8.75. The summed E-state index contributed by atoms with van der Waals surface area (Å²) in [7, 11) is 1.58. The van der Waals surface area contributed by atoms with Crippen molar-refractivity contribution >= 4 is 34.3 Å². The monoisotopic (exact) mass is 439 g/mol. The van der Waals surface area contributed by atoms with Crippen molar-refractivity contribution in [1.29, 1.82) is 0 Å². The molecule has 1 amide bonds. The van der Waals surface area contributed by atoms with E-state index >= 15 is 0 Å². The van der Waals surface area contributed by atoms with E-state index in [0.717, 1.165) is 12.8 Å². The molecule has 31 heavy (non-hydrogen) atoms. The Bertz CT molecular complexity index is 1140. The van der Waals surface area contributed by atoms with Gasteiger partial charge >= 0.3 is 0 Å². The highest BCUT2D eigenvalue weighted by atomic mass is 32.2. The van der Waals surface area contributed by atoms with Crippen LogP contribution in [0.2, 0.25) is 0 Å². The summed E-state index contributed by atoms with van der Waals surface area (Å²) < 4.78 is 12.6. The number of hydrogen-bond acceptors (Lipinski definition) is 6. The van der Waals surface area contributed by atoms with Crippen LogP contribution >= 0.6 is 11.8 Å². The number of hydrogen-bond donors (Lipinski definition) is 1. The van der Waals surface area contributed by atoms with Gasteiger partial charge in [0.15, 0.2) is 5.16 Å². The van der Waals surface area contributed by atoms with Gasteiger partial charge in [-0.2, -0.15) is 0 Å². The fourth-order valence-corrected chi connectivity index (χ4v) is 4.46. The van der Waals surface area contributed by atoms with Gasteiger partial charge in [-0.3, -0.25) is 14.2 Å². The summed E-state index contributed by atoms with van der Waals surface area (Å²) in [5, 5.41) is 3.53. The van der Waals surface area contributed by atoms with Crippen molar-refractivity contribution in [1.82, 2.24) is 9.55 Å². The molecule has 1 fully saturated rings. The SMILES string of the molecule is COc1cccc(NC(=O)C(C)Sc2nc3ccccc3c(=O)n2CC2CCCO2)c1. The molecular formula is C23H25N3O4S. The quantitative estimate of drug-likeness (QED) is 0.447. The van der Waals surface area contributed by atoms with E-state index in [0.29, 0.717) is 40.6 Å². The molecule has 4 rings (SSSR count). The highest BCUT2D eigenvalue weighted by molar-refractivity contribution is 8.00. The fraction of sp³-hybridized carbons (Fsp3) is 0.348. The molecule has 2 heterocycles. The van der Waals surface area contributed by atoms with Crippen molar-refractivity contribution in [3.8, 4) is 5.75 Å². The number of thioether (sulfide) groups is 1. The number of amides is 1. The topological polar surface area (TPSA) is 82.5 Å². The van der Waals surface area contributed by atoms with Crippen LogP contribution in [0.3, 0.4) is 0 Å². The van der Waals surface area contributed by atoms with E-state index in [2.05, 4.69) is 5.32 Å². The molecule has 0 radical (unpaired) electrons. The lowest BCUT2D eigenvalue weighted by Crippen LogP contribution is -2.30. The van der Waals surface area contributed by atoms with Crippen LogP contribution in [-0.2, 0) is 16.1 Å². The van der Waals surface area contributed by atoms with E-state index in [4.69, 9.17) is 14.5 Å². The molecule has 162 valence electrons. The third kappa shape index (κ3) is 4.91. The average molecular weight is 440 g/mol. The van der Waals surface area contributed by atoms with E-state index in [-0.39, 0.29) is 17.6 Å². The number of benzene rings is 2. The van der Waals surface area contributed by atoms with Crippen molar-refractivity contribution < 1.29 is 14.3 Å². The molecule has 2 aromatic carbocycles. The van der Waals surface area contributed by atoms with Crippen LogP contribution in [0.25, 0.3) is 10.9 Å². The Morgan fingerprint density at radius 3 is 2.94 bits per heavy atom. The van der Waals surface area contributed by atoms with Gasteiger partial charge in [0.1, 0.15) is 5.75 Å². The molecule has 1 aromatic heterocycles. The molecule has 2 atom stereocenters. The maximum Gasteiger partial charge on any atom is 0.262 e. The van der Waals surface area contributed by atoms with E-state index < -0.39 is 5.25 Å². The Labute approximate surface area is 184 Å². The highest BCUT2D eigenvalue weighted by Gasteiger charge is 2.23. The number of ether oxygens (including phenoxy) is 2. The third-order valence-corrected chi connectivity index (χ3v) is 6.32. The maximum atomic E-state index is 13.2. The number of para-hydroxylation sites is 1. The molecule has 0 saturated carbocycles. The molecule has 2 unspecified atom stereocenters. The fourth-order valence-electron chi connectivity index (χ4n) is 3.55. The number of carbonyl (C=O) groups is 1. The van der Waals surface area contributed by atoms with Crippen LogP contribution in [0.4, 0.5) is 5.69 Å². The van der Waals surface area contributed by atoms with Gasteiger partial charge < -0.3 is 14.8 Å². The Balaban J connectivity index is 1.59. The Morgan fingerprint density at radius 1 is 1.32 bits per heavy atom. The first-order valence-corrected chi connectivity index (χ1v) is 11.2. The molecule has 3 aromatic rings. The van der Waals surface area contributed by atoms with Gasteiger partial charge in [0, 0.05) is 18.4 Å². The van der Waals surface area contributed by atoms with Crippen LogP contribution in [-0.4, -0.2) is 40.5 Å². The number of rotatable bonds is 7. The maximum absolute atomic E-state index is 13.2. The second-order valence-electron chi connectivity index (χ2n) is 7.44. The molecule has 0 aliphatic carbocycles. The van der Waals surface area contributed by atoms with E-state index in [1.54, 1.807) is 36.8 Å². The van der Waals surface area contributed by atoms with Crippen LogP contribution in [0.5, 0.6) is 5.75 Å². The molecule has 8 heteroatoms. The molecule has 0 bridgehead atoms. The van der Waals surface area contributed by atoms with Gasteiger partial charge in [0.25, 0.3) is 5.56 Å². The molecule has 0 spiro atoms. The largest absolute Gasteiger partial charge is 0.497 e. The van der Waals surface area contributed by atoms with Crippen molar-refractivity contribution in [2.24, 2.45) is 0 Å². The summed E-state index contributed by atoms with van der Waals surface area (Å²) in [5.41, 5.74) is 1.17. The van der Waals surface area contributed by atoms with Crippen molar-refractivity contribution in [2.75, 3.05) is 19.0 Å². The van der Waals surface area contributed by atoms with Gasteiger partial charge in [-0.15, -0.1) is 0 Å². The lowest BCUT2D eigenvalue weighted by molar-refractivity contribution is -0.115. The first-order chi connectivity index (χ1) is 15.0. The van der Waals surface area contributed by atoms with Crippen molar-refractivity contribution in [3.63, 3.8) is 0 Å². The summed E-state index contributed by atoms with van der Waals surface area (Å²) in [6.45, 7) is 2.95. The van der Waals surface area contributed by atoms with Crippen LogP contribution in [0, 0.1) is 0 Å². The molecule has 1 aliphatic heterocycles. The number of carbonyl (C=O) groups excluding carboxylic acids is 1. The Morgan fingerprint density at radius 2 is 2.16 bits per heavy atom. The first-order valence-electron chi connectivity index (χ1n) is 10.3. The van der Waals surface area contributed by atoms with E-state index in [1.807, 2.05) is 30.3 Å². The van der Waals surface area contributed by atoms with Crippen LogP contribution < -0.4 is 15.6 Å². The van der Waals surface area contributed by atoms with Crippen LogP contribution in [0.1, 0.15) is 19.8 Å². The smallest absolute Gasteiger partial charge is 0.262 e. The van der Waals surface area contributed by atoms with Crippen molar-refractivity contribution in [2.45, 2.75) is 42.8 Å². The summed E-state index contributed by atoms with van der Waals surface area (Å²) in [6, 6.07) is 14.5. The number of nitrogens with zero attached hydrogens (tertiary/aromatic N) is 2. The molecular weight excluding hydrogens is 414 g/mol. The molecule has 1 aliphatic rings. The van der Waals surface area contributed by atoms with E-state index in [9.17, 15) is 9.59 Å². The number of nitrogens with one attached hydrogen (secondary N) is 1. The van der Waals surface area contributed by atoms with Crippen molar-refractivity contribution in [3.05, 3.63) is 58.9 Å². The molecule has 1 N–H and O–H groups in total. The summed E-state index contributed by atoms with van der Waals surface area (Å²) in [4.78, 5) is 30.7.